The maximum atomic E-state index is 4.70. The highest BCUT2D eigenvalue weighted by Crippen LogP contribution is 2.20. The lowest BCUT2D eigenvalue weighted by Crippen LogP contribution is -2.17. The summed E-state index contributed by atoms with van der Waals surface area (Å²) >= 11 is 3.59. The Kier molecular flexibility index (Phi) is 4.28. The van der Waals surface area contributed by atoms with Gasteiger partial charge in [0.1, 0.15) is 5.01 Å². The van der Waals surface area contributed by atoms with Crippen LogP contribution in [0.2, 0.25) is 0 Å². The minimum absolute atomic E-state index is 0.758. The van der Waals surface area contributed by atoms with Gasteiger partial charge in [0.05, 0.1) is 5.69 Å². The predicted octanol–water partition coefficient (Wildman–Crippen LogP) is 3.09. The molecule has 0 atom stereocenters. The van der Waals surface area contributed by atoms with Crippen molar-refractivity contribution in [2.24, 2.45) is 0 Å². The van der Waals surface area contributed by atoms with Crippen LogP contribution in [-0.2, 0) is 19.6 Å². The summed E-state index contributed by atoms with van der Waals surface area (Å²) in [5.41, 5.74) is 1.19. The first-order chi connectivity index (χ1) is 9.29. The number of nitrogens with one attached hydrogen (secondary N) is 1. The fourth-order valence-corrected chi connectivity index (χ4v) is 3.54. The second-order valence-electron chi connectivity index (χ2n) is 5.14. The largest absolute Gasteiger partial charge is 0.308 e. The van der Waals surface area contributed by atoms with E-state index in [0.29, 0.717) is 0 Å². The topological polar surface area (TPSA) is 28.2 Å². The molecule has 1 saturated carbocycles. The normalized spacial score (nSPS) is 15.3. The number of nitrogens with zero attached hydrogens (tertiary/aromatic N) is 2. The van der Waals surface area contributed by atoms with Gasteiger partial charge >= 0.3 is 0 Å². The number of thiazole rings is 1. The third-order valence-corrected chi connectivity index (χ3v) is 4.92. The lowest BCUT2D eigenvalue weighted by molar-refractivity contribution is 0.318. The summed E-state index contributed by atoms with van der Waals surface area (Å²) in [4.78, 5) is 8.43. The summed E-state index contributed by atoms with van der Waals surface area (Å²) < 4.78 is 0. The third kappa shape index (κ3) is 4.11. The van der Waals surface area contributed by atoms with Gasteiger partial charge in [0, 0.05) is 35.9 Å². The van der Waals surface area contributed by atoms with Crippen LogP contribution in [0.25, 0.3) is 0 Å². The van der Waals surface area contributed by atoms with Crippen molar-refractivity contribution in [3.63, 3.8) is 0 Å². The monoisotopic (exact) mass is 293 g/mol. The minimum atomic E-state index is 0.758. The van der Waals surface area contributed by atoms with E-state index in [9.17, 15) is 0 Å². The molecule has 1 aliphatic rings. The van der Waals surface area contributed by atoms with Crippen LogP contribution in [0.1, 0.15) is 28.4 Å². The molecule has 102 valence electrons. The van der Waals surface area contributed by atoms with Crippen LogP contribution >= 0.6 is 22.7 Å². The Morgan fingerprint density at radius 3 is 3.00 bits per heavy atom. The molecular weight excluding hydrogens is 274 g/mol. The van der Waals surface area contributed by atoms with E-state index in [1.807, 2.05) is 11.3 Å². The summed E-state index contributed by atoms with van der Waals surface area (Å²) in [5, 5.41) is 9.05. The van der Waals surface area contributed by atoms with E-state index in [2.05, 4.69) is 40.2 Å². The second-order valence-corrected chi connectivity index (χ2v) is 7.11. The molecule has 0 aromatic carbocycles. The summed E-state index contributed by atoms with van der Waals surface area (Å²) in [6.07, 6.45) is 2.67. The average Bonchev–Trinajstić information content (AvgIpc) is 2.88. The number of aromatic nitrogens is 1. The van der Waals surface area contributed by atoms with Crippen molar-refractivity contribution in [1.82, 2.24) is 15.2 Å². The minimum Gasteiger partial charge on any atom is -0.308 e. The van der Waals surface area contributed by atoms with Gasteiger partial charge in [-0.3, -0.25) is 4.90 Å². The number of hydrogen-bond donors (Lipinski definition) is 1. The van der Waals surface area contributed by atoms with Crippen molar-refractivity contribution >= 4 is 22.7 Å². The zero-order valence-corrected chi connectivity index (χ0v) is 12.8. The maximum Gasteiger partial charge on any atom is 0.107 e. The van der Waals surface area contributed by atoms with E-state index in [0.717, 1.165) is 25.7 Å². The van der Waals surface area contributed by atoms with Crippen LogP contribution in [0, 0.1) is 0 Å². The highest BCUT2D eigenvalue weighted by molar-refractivity contribution is 7.10. The molecule has 3 rings (SSSR count). The van der Waals surface area contributed by atoms with Crippen molar-refractivity contribution in [1.29, 1.82) is 0 Å². The fraction of sp³-hybridized carbons (Fsp3) is 0.500. The number of hydrogen-bond acceptors (Lipinski definition) is 5. The molecule has 0 radical (unpaired) electrons. The molecule has 0 saturated heterocycles. The van der Waals surface area contributed by atoms with Crippen molar-refractivity contribution in [2.75, 3.05) is 7.05 Å². The average molecular weight is 293 g/mol. The SMILES string of the molecule is CN(Cc1csc(CNC2CC2)n1)Cc1cccs1. The molecular formula is C14H19N3S2. The summed E-state index contributed by atoms with van der Waals surface area (Å²) in [6.45, 7) is 2.87. The van der Waals surface area contributed by atoms with Gasteiger partial charge in [0.2, 0.25) is 0 Å². The molecule has 2 aromatic heterocycles. The van der Waals surface area contributed by atoms with E-state index < -0.39 is 0 Å². The molecule has 0 aliphatic heterocycles. The molecule has 5 heteroatoms. The van der Waals surface area contributed by atoms with Gasteiger partial charge in [0.15, 0.2) is 0 Å². The Bertz CT molecular complexity index is 503. The Hall–Kier alpha value is -0.750. The second kappa shape index (κ2) is 6.13. The Labute approximate surface area is 122 Å². The zero-order valence-electron chi connectivity index (χ0n) is 11.1. The lowest BCUT2D eigenvalue weighted by atomic mass is 10.4. The molecule has 2 heterocycles. The maximum absolute atomic E-state index is 4.70. The van der Waals surface area contributed by atoms with Gasteiger partial charge in [-0.2, -0.15) is 0 Å². The van der Waals surface area contributed by atoms with Crippen molar-refractivity contribution < 1.29 is 0 Å². The van der Waals surface area contributed by atoms with E-state index in [1.54, 1.807) is 11.3 Å². The van der Waals surface area contributed by atoms with Gasteiger partial charge < -0.3 is 5.32 Å². The molecule has 3 nitrogen and oxygen atoms in total. The Morgan fingerprint density at radius 2 is 2.26 bits per heavy atom. The van der Waals surface area contributed by atoms with E-state index in [-0.39, 0.29) is 0 Å². The number of thiophene rings is 1. The number of rotatable bonds is 7. The first kappa shape index (κ1) is 13.2. The van der Waals surface area contributed by atoms with Gasteiger partial charge in [0.25, 0.3) is 0 Å². The van der Waals surface area contributed by atoms with Crippen LogP contribution in [0.3, 0.4) is 0 Å². The molecule has 0 spiro atoms. The quantitative estimate of drug-likeness (QED) is 0.850. The van der Waals surface area contributed by atoms with Crippen LogP contribution < -0.4 is 5.32 Å². The standard InChI is InChI=1S/C14H19N3S2/c1-17(9-13-3-2-6-18-13)8-12-10-19-14(16-12)7-15-11-4-5-11/h2-3,6,10-11,15H,4-5,7-9H2,1H3. The summed E-state index contributed by atoms with van der Waals surface area (Å²) in [7, 11) is 2.15. The molecule has 1 aliphatic carbocycles. The van der Waals surface area contributed by atoms with Gasteiger partial charge in [-0.15, -0.1) is 22.7 Å². The molecule has 1 fully saturated rings. The van der Waals surface area contributed by atoms with E-state index in [1.165, 1.54) is 28.4 Å². The van der Waals surface area contributed by atoms with E-state index in [4.69, 9.17) is 4.98 Å². The van der Waals surface area contributed by atoms with Crippen LogP contribution in [-0.4, -0.2) is 23.0 Å². The molecule has 19 heavy (non-hydrogen) atoms. The smallest absolute Gasteiger partial charge is 0.107 e. The third-order valence-electron chi connectivity index (χ3n) is 3.16. The highest BCUT2D eigenvalue weighted by Gasteiger charge is 2.20. The molecule has 1 N–H and O–H groups in total. The van der Waals surface area contributed by atoms with Crippen LogP contribution in [0.4, 0.5) is 0 Å². The zero-order chi connectivity index (χ0) is 13.1. The van der Waals surface area contributed by atoms with Gasteiger partial charge in [-0.25, -0.2) is 4.98 Å². The van der Waals surface area contributed by atoms with E-state index >= 15 is 0 Å². The van der Waals surface area contributed by atoms with Gasteiger partial charge in [-0.1, -0.05) is 6.07 Å². The first-order valence-electron chi connectivity index (χ1n) is 6.67. The van der Waals surface area contributed by atoms with Gasteiger partial charge in [-0.05, 0) is 31.3 Å². The fourth-order valence-electron chi connectivity index (χ4n) is 2.02. The lowest BCUT2D eigenvalue weighted by Gasteiger charge is -2.13. The van der Waals surface area contributed by atoms with Crippen molar-refractivity contribution in [3.05, 3.63) is 38.5 Å². The predicted molar refractivity (Wildman–Crippen MR) is 81.5 cm³/mol. The Balaban J connectivity index is 1.48. The first-order valence-corrected chi connectivity index (χ1v) is 8.43. The summed E-state index contributed by atoms with van der Waals surface area (Å²) in [6, 6.07) is 5.06. The van der Waals surface area contributed by atoms with Crippen LogP contribution in [0.15, 0.2) is 22.9 Å². The highest BCUT2D eigenvalue weighted by atomic mass is 32.1. The molecule has 0 bridgehead atoms. The van der Waals surface area contributed by atoms with Crippen molar-refractivity contribution in [3.8, 4) is 0 Å². The molecule has 2 aromatic rings. The summed E-state index contributed by atoms with van der Waals surface area (Å²) in [5.74, 6) is 0. The Morgan fingerprint density at radius 1 is 1.37 bits per heavy atom. The van der Waals surface area contributed by atoms with Crippen LogP contribution in [0.5, 0.6) is 0 Å². The molecule has 0 unspecified atom stereocenters. The van der Waals surface area contributed by atoms with Crippen molar-refractivity contribution in [2.45, 2.75) is 38.5 Å². The molecule has 0 amide bonds.